The van der Waals surface area contributed by atoms with Crippen LogP contribution in [0.1, 0.15) is 30.4 Å². The Bertz CT molecular complexity index is 1030. The van der Waals surface area contributed by atoms with Gasteiger partial charge in [0.05, 0.1) is 0 Å². The smallest absolute Gasteiger partial charge is 0.179 e. The van der Waals surface area contributed by atoms with E-state index in [-0.39, 0.29) is 6.23 Å². The predicted molar refractivity (Wildman–Crippen MR) is 130 cm³/mol. The summed E-state index contributed by atoms with van der Waals surface area (Å²) in [5.74, 6) is 1.06. The van der Waals surface area contributed by atoms with Gasteiger partial charge in [-0.3, -0.25) is 4.90 Å². The minimum absolute atomic E-state index is 0.0966. The summed E-state index contributed by atoms with van der Waals surface area (Å²) in [6.45, 7) is 0. The van der Waals surface area contributed by atoms with Crippen LogP contribution in [0.4, 0.5) is 0 Å². The number of hydrogen-bond acceptors (Lipinski definition) is 3. The summed E-state index contributed by atoms with van der Waals surface area (Å²) in [6, 6.07) is 21.2. The molecule has 1 aliphatic carbocycles. The van der Waals surface area contributed by atoms with E-state index in [4.69, 9.17) is 4.74 Å². The van der Waals surface area contributed by atoms with E-state index in [1.54, 1.807) is 0 Å². The fourth-order valence-electron chi connectivity index (χ4n) is 4.30. The fraction of sp³-hybridized carbons (Fsp3) is 0.286. The molecule has 2 aliphatic rings. The SMILES string of the molecule is CN(C)/C=C(/C=C1/CCCC2=C1O[C@H](N(C)C)C(c1ccccc1)=C2)c1ccccc1. The molecule has 0 N–H and O–H groups in total. The summed E-state index contributed by atoms with van der Waals surface area (Å²) in [4.78, 5) is 4.26. The predicted octanol–water partition coefficient (Wildman–Crippen LogP) is 5.96. The summed E-state index contributed by atoms with van der Waals surface area (Å²) in [5, 5.41) is 0. The van der Waals surface area contributed by atoms with Crippen LogP contribution in [0.3, 0.4) is 0 Å². The summed E-state index contributed by atoms with van der Waals surface area (Å²) in [7, 11) is 8.31. The van der Waals surface area contributed by atoms with E-state index in [0.29, 0.717) is 0 Å². The number of allylic oxidation sites excluding steroid dienone is 5. The molecule has 0 radical (unpaired) electrons. The molecule has 1 heterocycles. The molecule has 0 fully saturated rings. The Morgan fingerprint density at radius 1 is 0.903 bits per heavy atom. The van der Waals surface area contributed by atoms with Crippen LogP contribution < -0.4 is 0 Å². The molecular weight excluding hydrogens is 380 g/mol. The molecule has 2 aromatic carbocycles. The first kappa shape index (κ1) is 21.2. The number of likely N-dealkylation sites (N-methyl/N-ethyl adjacent to an activating group) is 1. The lowest BCUT2D eigenvalue weighted by molar-refractivity contribution is 0.0503. The van der Waals surface area contributed by atoms with E-state index < -0.39 is 0 Å². The van der Waals surface area contributed by atoms with Crippen molar-refractivity contribution in [2.45, 2.75) is 25.5 Å². The first-order chi connectivity index (χ1) is 15.0. The van der Waals surface area contributed by atoms with E-state index in [0.717, 1.165) is 25.0 Å². The Hall–Kier alpha value is -3.04. The minimum Gasteiger partial charge on any atom is -0.470 e. The van der Waals surface area contributed by atoms with Crippen LogP contribution >= 0.6 is 0 Å². The van der Waals surface area contributed by atoms with Gasteiger partial charge in [0.15, 0.2) is 6.23 Å². The molecule has 1 atom stereocenters. The van der Waals surface area contributed by atoms with Crippen molar-refractivity contribution in [2.24, 2.45) is 0 Å². The highest BCUT2D eigenvalue weighted by Gasteiger charge is 2.30. The van der Waals surface area contributed by atoms with Crippen molar-refractivity contribution < 1.29 is 4.74 Å². The Morgan fingerprint density at radius 2 is 1.58 bits per heavy atom. The van der Waals surface area contributed by atoms with Crippen LogP contribution in [0.25, 0.3) is 11.1 Å². The van der Waals surface area contributed by atoms with Crippen molar-refractivity contribution in [2.75, 3.05) is 28.2 Å². The molecule has 0 saturated heterocycles. The van der Waals surface area contributed by atoms with Gasteiger partial charge in [-0.25, -0.2) is 0 Å². The van der Waals surface area contributed by atoms with Crippen LogP contribution in [0, 0.1) is 0 Å². The molecule has 0 amide bonds. The molecule has 2 aromatic rings. The maximum absolute atomic E-state index is 6.70. The number of benzene rings is 2. The monoisotopic (exact) mass is 412 g/mol. The zero-order valence-corrected chi connectivity index (χ0v) is 19.0. The molecule has 0 unspecified atom stereocenters. The van der Waals surface area contributed by atoms with Crippen LogP contribution in [0.15, 0.2) is 95.9 Å². The Kier molecular flexibility index (Phi) is 6.43. The summed E-state index contributed by atoms with van der Waals surface area (Å²) in [5.41, 5.74) is 7.48. The Labute approximate surface area is 186 Å². The van der Waals surface area contributed by atoms with E-state index >= 15 is 0 Å². The standard InChI is InChI=1S/C28H32N2O/c1-29(2)20-25(21-12-7-5-8-13-21)18-23-16-11-17-24-19-26(22-14-9-6-10-15-22)28(30(3)4)31-27(23)24/h5-10,12-15,18-20,28H,11,16-17H2,1-4H3/b23-18-,25-20-/t28-/m0/s1. The second-order valence-corrected chi connectivity index (χ2v) is 8.69. The number of ether oxygens (including phenoxy) is 1. The highest BCUT2D eigenvalue weighted by Crippen LogP contribution is 2.41. The summed E-state index contributed by atoms with van der Waals surface area (Å²) in [6.07, 6.45) is 10.0. The number of hydrogen-bond donors (Lipinski definition) is 0. The van der Waals surface area contributed by atoms with Crippen molar-refractivity contribution in [3.63, 3.8) is 0 Å². The maximum atomic E-state index is 6.70. The van der Waals surface area contributed by atoms with Gasteiger partial charge in [0, 0.05) is 25.9 Å². The third kappa shape index (κ3) is 4.83. The van der Waals surface area contributed by atoms with Crippen molar-refractivity contribution in [3.05, 3.63) is 107 Å². The van der Waals surface area contributed by atoms with Gasteiger partial charge in [-0.15, -0.1) is 0 Å². The van der Waals surface area contributed by atoms with Crippen molar-refractivity contribution >= 4 is 11.1 Å². The zero-order valence-electron chi connectivity index (χ0n) is 19.0. The molecule has 3 heteroatoms. The topological polar surface area (TPSA) is 15.7 Å². The average Bonchev–Trinajstić information content (AvgIpc) is 2.79. The van der Waals surface area contributed by atoms with E-state index in [1.807, 2.05) is 0 Å². The van der Waals surface area contributed by atoms with Crippen LogP contribution in [0.5, 0.6) is 0 Å². The van der Waals surface area contributed by atoms with Gasteiger partial charge in [0.2, 0.25) is 0 Å². The molecule has 0 aromatic heterocycles. The van der Waals surface area contributed by atoms with Crippen molar-refractivity contribution in [1.82, 2.24) is 9.80 Å². The van der Waals surface area contributed by atoms with Gasteiger partial charge < -0.3 is 9.64 Å². The lowest BCUT2D eigenvalue weighted by Gasteiger charge is -2.36. The van der Waals surface area contributed by atoms with Crippen LogP contribution in [-0.4, -0.2) is 44.2 Å². The third-order valence-electron chi connectivity index (χ3n) is 5.71. The summed E-state index contributed by atoms with van der Waals surface area (Å²) >= 11 is 0. The maximum Gasteiger partial charge on any atom is 0.179 e. The van der Waals surface area contributed by atoms with Crippen molar-refractivity contribution in [3.8, 4) is 0 Å². The van der Waals surface area contributed by atoms with Gasteiger partial charge in [0.1, 0.15) is 5.76 Å². The first-order valence-corrected chi connectivity index (χ1v) is 11.0. The average molecular weight is 413 g/mol. The molecule has 1 aliphatic heterocycles. The van der Waals surface area contributed by atoms with Gasteiger partial charge >= 0.3 is 0 Å². The molecular formula is C28H32N2O. The van der Waals surface area contributed by atoms with Crippen molar-refractivity contribution in [1.29, 1.82) is 0 Å². The van der Waals surface area contributed by atoms with Gasteiger partial charge in [-0.1, -0.05) is 60.7 Å². The molecule has 0 bridgehead atoms. The Balaban J connectivity index is 1.78. The summed E-state index contributed by atoms with van der Waals surface area (Å²) < 4.78 is 6.70. The largest absolute Gasteiger partial charge is 0.470 e. The lowest BCUT2D eigenvalue weighted by Crippen LogP contribution is -2.34. The highest BCUT2D eigenvalue weighted by molar-refractivity contribution is 5.77. The third-order valence-corrected chi connectivity index (χ3v) is 5.71. The molecule has 0 saturated carbocycles. The lowest BCUT2D eigenvalue weighted by atomic mass is 9.87. The van der Waals surface area contributed by atoms with Crippen LogP contribution in [-0.2, 0) is 4.74 Å². The van der Waals surface area contributed by atoms with Gasteiger partial charge in [-0.2, -0.15) is 0 Å². The van der Waals surface area contributed by atoms with E-state index in [9.17, 15) is 0 Å². The molecule has 160 valence electrons. The molecule has 31 heavy (non-hydrogen) atoms. The van der Waals surface area contributed by atoms with Crippen LogP contribution in [0.2, 0.25) is 0 Å². The quantitative estimate of drug-likeness (QED) is 0.603. The normalized spacial score (nSPS) is 20.4. The second kappa shape index (κ2) is 9.40. The molecule has 0 spiro atoms. The molecule has 3 nitrogen and oxygen atoms in total. The number of rotatable bonds is 5. The zero-order chi connectivity index (χ0) is 21.8. The van der Waals surface area contributed by atoms with E-state index in [2.05, 4.69) is 117 Å². The van der Waals surface area contributed by atoms with Gasteiger partial charge in [0.25, 0.3) is 0 Å². The van der Waals surface area contributed by atoms with Gasteiger partial charge in [-0.05, 0) is 73.4 Å². The van der Waals surface area contributed by atoms with E-state index in [1.165, 1.54) is 33.4 Å². The second-order valence-electron chi connectivity index (χ2n) is 8.69. The minimum atomic E-state index is -0.0966. The highest BCUT2D eigenvalue weighted by atomic mass is 16.5. The first-order valence-electron chi connectivity index (χ1n) is 11.0. The molecule has 4 rings (SSSR count). The number of nitrogens with zero attached hydrogens (tertiary/aromatic N) is 2. The fourth-order valence-corrected chi connectivity index (χ4v) is 4.30. The Morgan fingerprint density at radius 3 is 2.23 bits per heavy atom.